The van der Waals surface area contributed by atoms with Crippen molar-refractivity contribution in [2.24, 2.45) is 0 Å². The van der Waals surface area contributed by atoms with Gasteiger partial charge in [0.25, 0.3) is 0 Å². The number of methoxy groups -OCH3 is 1. The average Bonchev–Trinajstić information content (AvgIpc) is 2.70. The zero-order valence-corrected chi connectivity index (χ0v) is 18.9. The lowest BCUT2D eigenvalue weighted by Crippen LogP contribution is -2.52. The Bertz CT molecular complexity index is 944. The number of carbonyl (C=O) groups excluding carboxylic acids is 1. The molecule has 30 heavy (non-hydrogen) atoms. The number of hydrogen-bond acceptors (Lipinski definition) is 5. The highest BCUT2D eigenvalue weighted by atomic mass is 32.2. The fourth-order valence-electron chi connectivity index (χ4n) is 3.04. The van der Waals surface area contributed by atoms with Gasteiger partial charge in [0.2, 0.25) is 15.9 Å². The summed E-state index contributed by atoms with van der Waals surface area (Å²) in [7, 11) is -2.21. The topological polar surface area (TPSA) is 84.9 Å². The minimum Gasteiger partial charge on any atom is -0.497 e. The van der Waals surface area contributed by atoms with Crippen LogP contribution in [0.2, 0.25) is 0 Å². The third-order valence-corrected chi connectivity index (χ3v) is 5.73. The minimum absolute atomic E-state index is 0.267. The van der Waals surface area contributed by atoms with E-state index in [2.05, 4.69) is 5.32 Å². The Morgan fingerprint density at radius 2 is 1.80 bits per heavy atom. The lowest BCUT2D eigenvalue weighted by molar-refractivity contribution is -0.123. The van der Waals surface area contributed by atoms with Crippen molar-refractivity contribution in [2.45, 2.75) is 39.3 Å². The van der Waals surface area contributed by atoms with Crippen LogP contribution in [0.1, 0.15) is 25.8 Å². The Kier molecular flexibility index (Phi) is 8.11. The van der Waals surface area contributed by atoms with Crippen LogP contribution in [0, 0.1) is 6.92 Å². The smallest absolute Gasteiger partial charge is 0.244 e. The summed E-state index contributed by atoms with van der Waals surface area (Å²) in [5.74, 6) is 0.838. The largest absolute Gasteiger partial charge is 0.497 e. The van der Waals surface area contributed by atoms with E-state index in [1.807, 2.05) is 38.1 Å². The minimum atomic E-state index is -3.71. The molecular formula is C22H30N2O5S. The normalized spacial score (nSPS) is 13.2. The molecule has 0 aromatic heterocycles. The molecule has 0 aliphatic carbocycles. The van der Waals surface area contributed by atoms with Gasteiger partial charge in [-0.15, -0.1) is 0 Å². The molecule has 8 heteroatoms. The number of benzene rings is 2. The van der Waals surface area contributed by atoms with Gasteiger partial charge in [-0.25, -0.2) is 8.42 Å². The zero-order chi connectivity index (χ0) is 22.3. The van der Waals surface area contributed by atoms with E-state index < -0.39 is 16.1 Å². The summed E-state index contributed by atoms with van der Waals surface area (Å²) < 4.78 is 37.1. The highest BCUT2D eigenvalue weighted by Crippen LogP contribution is 2.26. The zero-order valence-electron chi connectivity index (χ0n) is 18.1. The molecule has 1 N–H and O–H groups in total. The van der Waals surface area contributed by atoms with Crippen molar-refractivity contribution < 1.29 is 22.7 Å². The van der Waals surface area contributed by atoms with Gasteiger partial charge in [0.05, 0.1) is 25.1 Å². The summed E-state index contributed by atoms with van der Waals surface area (Å²) in [5, 5.41) is 2.86. The van der Waals surface area contributed by atoms with Gasteiger partial charge in [0, 0.05) is 6.07 Å². The maximum absolute atomic E-state index is 13.0. The molecule has 2 aromatic rings. The first kappa shape index (κ1) is 23.5. The van der Waals surface area contributed by atoms with Crippen molar-refractivity contribution in [3.63, 3.8) is 0 Å². The molecule has 0 bridgehead atoms. The average molecular weight is 435 g/mol. The number of ether oxygens (including phenoxy) is 2. The number of hydrogen-bond donors (Lipinski definition) is 1. The first-order valence-electron chi connectivity index (χ1n) is 9.79. The fourth-order valence-corrected chi connectivity index (χ4v) is 4.25. The number of carbonyl (C=O) groups is 1. The molecule has 1 amide bonds. The van der Waals surface area contributed by atoms with Crippen molar-refractivity contribution in [3.8, 4) is 11.5 Å². The molecule has 164 valence electrons. The van der Waals surface area contributed by atoms with Gasteiger partial charge in [-0.3, -0.25) is 9.10 Å². The highest BCUT2D eigenvalue weighted by Gasteiger charge is 2.32. The van der Waals surface area contributed by atoms with Crippen LogP contribution in [-0.4, -0.2) is 46.4 Å². The number of anilines is 1. The van der Waals surface area contributed by atoms with Crippen LogP contribution in [0.15, 0.2) is 48.5 Å². The molecule has 0 unspecified atom stereocenters. The summed E-state index contributed by atoms with van der Waals surface area (Å²) in [4.78, 5) is 13.0. The van der Waals surface area contributed by atoms with E-state index in [1.165, 1.54) is 7.11 Å². The van der Waals surface area contributed by atoms with Gasteiger partial charge in [-0.05, 0) is 44.5 Å². The van der Waals surface area contributed by atoms with Gasteiger partial charge in [-0.1, -0.05) is 30.7 Å². The standard InChI is InChI=1S/C22H30N2O5S/c1-6-21(24(30(5,26)27)18-8-7-9-20(14-18)28-4)22(25)23-17(3)15-29-19-12-10-16(2)11-13-19/h7-14,17,21H,6,15H2,1-5H3,(H,23,25)/t17-,21+/m1/s1. The molecule has 2 rings (SSSR count). The van der Waals surface area contributed by atoms with E-state index >= 15 is 0 Å². The monoisotopic (exact) mass is 434 g/mol. The van der Waals surface area contributed by atoms with Gasteiger partial charge in [-0.2, -0.15) is 0 Å². The van der Waals surface area contributed by atoms with Crippen molar-refractivity contribution in [1.29, 1.82) is 0 Å². The second-order valence-corrected chi connectivity index (χ2v) is 9.08. The molecule has 0 saturated carbocycles. The summed E-state index contributed by atoms with van der Waals surface area (Å²) in [5.41, 5.74) is 1.51. The number of nitrogens with zero attached hydrogens (tertiary/aromatic N) is 1. The summed E-state index contributed by atoms with van der Waals surface area (Å²) >= 11 is 0. The van der Waals surface area contributed by atoms with E-state index in [-0.39, 0.29) is 18.6 Å². The number of nitrogens with one attached hydrogen (secondary N) is 1. The van der Waals surface area contributed by atoms with E-state index in [9.17, 15) is 13.2 Å². The van der Waals surface area contributed by atoms with Crippen molar-refractivity contribution >= 4 is 21.6 Å². The molecule has 0 heterocycles. The van der Waals surface area contributed by atoms with E-state index in [0.29, 0.717) is 23.6 Å². The second kappa shape index (κ2) is 10.3. The number of rotatable bonds is 10. The first-order chi connectivity index (χ1) is 14.2. The Morgan fingerprint density at radius 3 is 2.37 bits per heavy atom. The Hall–Kier alpha value is -2.74. The predicted molar refractivity (Wildman–Crippen MR) is 119 cm³/mol. The summed E-state index contributed by atoms with van der Waals surface area (Å²) in [6, 6.07) is 13.1. The Balaban J connectivity index is 2.13. The lowest BCUT2D eigenvalue weighted by Gasteiger charge is -2.31. The second-order valence-electron chi connectivity index (χ2n) is 7.22. The van der Waals surface area contributed by atoms with Crippen LogP contribution in [0.3, 0.4) is 0 Å². The highest BCUT2D eigenvalue weighted by molar-refractivity contribution is 7.92. The SMILES string of the molecule is CC[C@@H](C(=O)N[C@H](C)COc1ccc(C)cc1)N(c1cccc(OC)c1)S(C)(=O)=O. The maximum Gasteiger partial charge on any atom is 0.244 e. The molecule has 0 saturated heterocycles. The van der Waals surface area contributed by atoms with Gasteiger partial charge in [0.1, 0.15) is 24.1 Å². The van der Waals surface area contributed by atoms with E-state index in [4.69, 9.17) is 9.47 Å². The molecule has 0 spiro atoms. The quantitative estimate of drug-likeness (QED) is 0.621. The van der Waals surface area contributed by atoms with Crippen LogP contribution in [0.5, 0.6) is 11.5 Å². The van der Waals surface area contributed by atoms with Gasteiger partial charge < -0.3 is 14.8 Å². The number of sulfonamides is 1. The predicted octanol–water partition coefficient (Wildman–Crippen LogP) is 3.13. The summed E-state index contributed by atoms with van der Waals surface area (Å²) in [6.45, 7) is 5.85. The van der Waals surface area contributed by atoms with Crippen molar-refractivity contribution in [2.75, 3.05) is 24.3 Å². The summed E-state index contributed by atoms with van der Waals surface area (Å²) in [6.07, 6.45) is 1.40. The van der Waals surface area contributed by atoms with Crippen LogP contribution < -0.4 is 19.1 Å². The molecule has 0 aliphatic rings. The molecule has 0 aliphatic heterocycles. The third-order valence-electron chi connectivity index (χ3n) is 4.55. The lowest BCUT2D eigenvalue weighted by atomic mass is 10.1. The number of aryl methyl sites for hydroxylation is 1. The molecule has 0 fully saturated rings. The van der Waals surface area contributed by atoms with Crippen LogP contribution >= 0.6 is 0 Å². The molecular weight excluding hydrogens is 404 g/mol. The molecule has 0 radical (unpaired) electrons. The van der Waals surface area contributed by atoms with Gasteiger partial charge >= 0.3 is 0 Å². The van der Waals surface area contributed by atoms with Crippen LogP contribution in [-0.2, 0) is 14.8 Å². The maximum atomic E-state index is 13.0. The van der Waals surface area contributed by atoms with Crippen LogP contribution in [0.25, 0.3) is 0 Å². The molecule has 2 atom stereocenters. The third kappa shape index (κ3) is 6.38. The Morgan fingerprint density at radius 1 is 1.13 bits per heavy atom. The Labute approximate surface area is 179 Å². The van der Waals surface area contributed by atoms with E-state index in [0.717, 1.165) is 16.1 Å². The first-order valence-corrected chi connectivity index (χ1v) is 11.6. The van der Waals surface area contributed by atoms with Crippen molar-refractivity contribution in [3.05, 3.63) is 54.1 Å². The molecule has 2 aromatic carbocycles. The van der Waals surface area contributed by atoms with Gasteiger partial charge in [0.15, 0.2) is 0 Å². The molecule has 7 nitrogen and oxygen atoms in total. The van der Waals surface area contributed by atoms with E-state index in [1.54, 1.807) is 31.2 Å². The van der Waals surface area contributed by atoms with Crippen LogP contribution in [0.4, 0.5) is 5.69 Å². The fraction of sp³-hybridized carbons (Fsp3) is 0.409. The number of amides is 1. The van der Waals surface area contributed by atoms with Crippen molar-refractivity contribution in [1.82, 2.24) is 5.32 Å².